The van der Waals surface area contributed by atoms with Crippen LogP contribution in [0, 0.1) is 10.1 Å². The highest BCUT2D eigenvalue weighted by atomic mass is 32.2. The maximum absolute atomic E-state index is 11.2. The van der Waals surface area contributed by atoms with Crippen LogP contribution in [0.25, 0.3) is 0 Å². The molecular formula is C10H11NO5S. The number of hydrogen-bond donors (Lipinski definition) is 1. The molecular weight excluding hydrogens is 246 g/mol. The number of benzene rings is 1. The van der Waals surface area contributed by atoms with Gasteiger partial charge in [-0.05, 0) is 36.8 Å². The van der Waals surface area contributed by atoms with Crippen LogP contribution in [0.15, 0.2) is 17.0 Å². The second kappa shape index (κ2) is 4.08. The molecule has 17 heavy (non-hydrogen) atoms. The molecule has 0 heterocycles. The van der Waals surface area contributed by atoms with E-state index in [1.54, 1.807) is 0 Å². The van der Waals surface area contributed by atoms with Gasteiger partial charge in [0.2, 0.25) is 0 Å². The zero-order valence-corrected chi connectivity index (χ0v) is 9.74. The molecule has 0 bridgehead atoms. The lowest BCUT2D eigenvalue weighted by Gasteiger charge is -2.17. The third-order valence-corrected chi connectivity index (χ3v) is 3.82. The third kappa shape index (κ3) is 2.29. The molecule has 92 valence electrons. The first-order valence-electron chi connectivity index (χ1n) is 5.17. The van der Waals surface area contributed by atoms with Crippen LogP contribution < -0.4 is 0 Å². The second-order valence-corrected chi connectivity index (χ2v) is 5.41. The maximum Gasteiger partial charge on any atom is 0.295 e. The molecule has 1 N–H and O–H groups in total. The van der Waals surface area contributed by atoms with E-state index in [0.29, 0.717) is 24.0 Å². The van der Waals surface area contributed by atoms with Crippen LogP contribution in [-0.2, 0) is 23.0 Å². The van der Waals surface area contributed by atoms with Gasteiger partial charge in [-0.15, -0.1) is 0 Å². The molecule has 0 saturated carbocycles. The van der Waals surface area contributed by atoms with Crippen LogP contribution in [0.2, 0.25) is 0 Å². The molecule has 7 heteroatoms. The summed E-state index contributed by atoms with van der Waals surface area (Å²) in [5.74, 6) is 0. The third-order valence-electron chi connectivity index (χ3n) is 2.90. The minimum absolute atomic E-state index is 0.293. The molecule has 0 aromatic heterocycles. The van der Waals surface area contributed by atoms with E-state index in [9.17, 15) is 18.5 Å². The lowest BCUT2D eigenvalue weighted by Crippen LogP contribution is -2.11. The monoisotopic (exact) mass is 257 g/mol. The number of nitro benzene ring substituents is 1. The van der Waals surface area contributed by atoms with Gasteiger partial charge < -0.3 is 0 Å². The SMILES string of the molecule is O=[N+]([O-])c1cc2c(c(S(=O)(=O)O)c1)CCCC2. The van der Waals surface area contributed by atoms with Crippen LogP contribution >= 0.6 is 0 Å². The number of nitrogens with zero attached hydrogens (tertiary/aromatic N) is 1. The van der Waals surface area contributed by atoms with Crippen molar-refractivity contribution < 1.29 is 17.9 Å². The average Bonchev–Trinajstić information content (AvgIpc) is 2.26. The molecule has 2 rings (SSSR count). The van der Waals surface area contributed by atoms with E-state index in [2.05, 4.69) is 0 Å². The fourth-order valence-corrected chi connectivity index (χ4v) is 2.96. The van der Waals surface area contributed by atoms with Crippen LogP contribution in [0.3, 0.4) is 0 Å². The molecule has 6 nitrogen and oxygen atoms in total. The lowest BCUT2D eigenvalue weighted by atomic mass is 9.91. The standard InChI is InChI=1S/C10H11NO5S/c12-11(13)8-5-7-3-1-2-4-9(7)10(6-8)17(14,15)16/h5-6H,1-4H2,(H,14,15,16). The van der Waals surface area contributed by atoms with Gasteiger partial charge in [0.1, 0.15) is 4.90 Å². The Labute approximate surface area is 98.2 Å². The van der Waals surface area contributed by atoms with Gasteiger partial charge in [0.15, 0.2) is 0 Å². The number of rotatable bonds is 2. The molecule has 0 spiro atoms. The van der Waals surface area contributed by atoms with E-state index in [0.717, 1.165) is 18.9 Å². The fourth-order valence-electron chi connectivity index (χ4n) is 2.15. The van der Waals surface area contributed by atoms with Crippen molar-refractivity contribution in [2.45, 2.75) is 30.6 Å². The summed E-state index contributed by atoms with van der Waals surface area (Å²) in [6.07, 6.45) is 2.84. The van der Waals surface area contributed by atoms with Crippen LogP contribution in [0.4, 0.5) is 5.69 Å². The largest absolute Gasteiger partial charge is 0.295 e. The Hall–Kier alpha value is -1.47. The minimum Gasteiger partial charge on any atom is -0.282 e. The van der Waals surface area contributed by atoms with Crippen molar-refractivity contribution in [3.63, 3.8) is 0 Å². The van der Waals surface area contributed by atoms with E-state index in [1.807, 2.05) is 0 Å². The van der Waals surface area contributed by atoms with E-state index < -0.39 is 15.0 Å². The van der Waals surface area contributed by atoms with Gasteiger partial charge in [-0.2, -0.15) is 8.42 Å². The summed E-state index contributed by atoms with van der Waals surface area (Å²) in [4.78, 5) is 9.73. The fraction of sp³-hybridized carbons (Fsp3) is 0.400. The van der Waals surface area contributed by atoms with E-state index in [1.165, 1.54) is 6.07 Å². The first kappa shape index (κ1) is 12.0. The van der Waals surface area contributed by atoms with Crippen molar-refractivity contribution in [3.8, 4) is 0 Å². The first-order valence-corrected chi connectivity index (χ1v) is 6.61. The Kier molecular flexibility index (Phi) is 2.88. The molecule has 1 aromatic carbocycles. The molecule has 0 unspecified atom stereocenters. The molecule has 0 fully saturated rings. The van der Waals surface area contributed by atoms with Gasteiger partial charge in [0.05, 0.1) is 4.92 Å². The highest BCUT2D eigenvalue weighted by Gasteiger charge is 2.25. The quantitative estimate of drug-likeness (QED) is 0.494. The normalized spacial score (nSPS) is 15.4. The smallest absolute Gasteiger partial charge is 0.282 e. The second-order valence-electron chi connectivity index (χ2n) is 4.02. The average molecular weight is 257 g/mol. The Bertz CT molecular complexity index is 579. The summed E-state index contributed by atoms with van der Waals surface area (Å²) in [6, 6.07) is 2.32. The zero-order valence-electron chi connectivity index (χ0n) is 8.92. The summed E-state index contributed by atoms with van der Waals surface area (Å²) in [5.41, 5.74) is 0.876. The number of fused-ring (bicyclic) bond motifs is 1. The molecule has 0 aliphatic heterocycles. The van der Waals surface area contributed by atoms with Crippen LogP contribution in [-0.4, -0.2) is 17.9 Å². The summed E-state index contributed by atoms with van der Waals surface area (Å²) in [7, 11) is -4.40. The predicted octanol–water partition coefficient (Wildman–Crippen LogP) is 1.72. The highest BCUT2D eigenvalue weighted by Crippen LogP contribution is 2.31. The molecule has 1 aromatic rings. The van der Waals surface area contributed by atoms with Crippen molar-refractivity contribution >= 4 is 15.8 Å². The summed E-state index contributed by atoms with van der Waals surface area (Å²) >= 11 is 0. The van der Waals surface area contributed by atoms with Gasteiger partial charge in [-0.1, -0.05) is 0 Å². The van der Waals surface area contributed by atoms with E-state index >= 15 is 0 Å². The Morgan fingerprint density at radius 1 is 1.24 bits per heavy atom. The predicted molar refractivity (Wildman–Crippen MR) is 59.6 cm³/mol. The van der Waals surface area contributed by atoms with Crippen molar-refractivity contribution in [3.05, 3.63) is 33.4 Å². The minimum atomic E-state index is -4.40. The number of aryl methyl sites for hydroxylation is 1. The van der Waals surface area contributed by atoms with Crippen molar-refractivity contribution in [2.75, 3.05) is 0 Å². The summed E-state index contributed by atoms with van der Waals surface area (Å²) in [6.45, 7) is 0. The first-order chi connectivity index (χ1) is 7.89. The molecule has 0 amide bonds. The van der Waals surface area contributed by atoms with E-state index in [4.69, 9.17) is 4.55 Å². The van der Waals surface area contributed by atoms with Gasteiger partial charge in [0, 0.05) is 12.1 Å². The topological polar surface area (TPSA) is 97.5 Å². The van der Waals surface area contributed by atoms with Gasteiger partial charge >= 0.3 is 0 Å². The lowest BCUT2D eigenvalue weighted by molar-refractivity contribution is -0.385. The van der Waals surface area contributed by atoms with Gasteiger partial charge in [0.25, 0.3) is 15.8 Å². The molecule has 0 saturated heterocycles. The number of non-ortho nitro benzene ring substituents is 1. The number of hydrogen-bond acceptors (Lipinski definition) is 4. The van der Waals surface area contributed by atoms with Crippen LogP contribution in [0.1, 0.15) is 24.0 Å². The van der Waals surface area contributed by atoms with Crippen molar-refractivity contribution in [1.29, 1.82) is 0 Å². The molecule has 0 radical (unpaired) electrons. The van der Waals surface area contributed by atoms with Gasteiger partial charge in [-0.25, -0.2) is 0 Å². The molecule has 0 atom stereocenters. The van der Waals surface area contributed by atoms with Gasteiger partial charge in [-0.3, -0.25) is 14.7 Å². The van der Waals surface area contributed by atoms with E-state index in [-0.39, 0.29) is 10.6 Å². The van der Waals surface area contributed by atoms with Crippen molar-refractivity contribution in [1.82, 2.24) is 0 Å². The zero-order chi connectivity index (χ0) is 12.6. The summed E-state index contributed by atoms with van der Waals surface area (Å²) in [5, 5.41) is 10.7. The van der Waals surface area contributed by atoms with Crippen LogP contribution in [0.5, 0.6) is 0 Å². The highest BCUT2D eigenvalue weighted by molar-refractivity contribution is 7.85. The molecule has 1 aliphatic carbocycles. The Morgan fingerprint density at radius 2 is 1.88 bits per heavy atom. The Morgan fingerprint density at radius 3 is 2.47 bits per heavy atom. The number of nitro groups is 1. The summed E-state index contributed by atoms with van der Waals surface area (Å²) < 4.78 is 31.5. The Balaban J connectivity index is 2.71. The van der Waals surface area contributed by atoms with Crippen molar-refractivity contribution in [2.24, 2.45) is 0 Å². The maximum atomic E-state index is 11.2. The molecule has 1 aliphatic rings.